The predicted octanol–water partition coefficient (Wildman–Crippen LogP) is 4.06. The van der Waals surface area contributed by atoms with Crippen molar-refractivity contribution in [2.75, 3.05) is 6.61 Å². The summed E-state index contributed by atoms with van der Waals surface area (Å²) in [7, 11) is 0. The first-order chi connectivity index (χ1) is 11.7. The van der Waals surface area contributed by atoms with Crippen molar-refractivity contribution in [2.24, 2.45) is 0 Å². The number of ketones is 1. The number of carbonyl (C=O) groups is 2. The molecule has 0 amide bonds. The quantitative estimate of drug-likeness (QED) is 0.844. The number of nitrogens with one attached hydrogen (secondary N) is 1. The van der Waals surface area contributed by atoms with Gasteiger partial charge in [0.2, 0.25) is 0 Å². The van der Waals surface area contributed by atoms with Crippen LogP contribution in [0.25, 0.3) is 0 Å². The number of rotatable bonds is 5. The van der Waals surface area contributed by atoms with Gasteiger partial charge < -0.3 is 9.72 Å². The minimum absolute atomic E-state index is 0.125. The van der Waals surface area contributed by atoms with Crippen LogP contribution < -0.4 is 0 Å². The van der Waals surface area contributed by atoms with E-state index in [1.165, 1.54) is 5.56 Å². The Morgan fingerprint density at radius 3 is 2.62 bits per heavy atom. The average Bonchev–Trinajstić information content (AvgIpc) is 2.95. The SMILES string of the molecule is CCCc1c(C(=O)OCC)[nH]c2c1C(=O)C[C@@H](c1ccccc1)C2. The molecule has 1 aliphatic carbocycles. The molecule has 3 rings (SSSR count). The molecule has 0 unspecified atom stereocenters. The summed E-state index contributed by atoms with van der Waals surface area (Å²) in [5.41, 5.74) is 4.08. The Balaban J connectivity index is 1.99. The third-order valence-corrected chi connectivity index (χ3v) is 4.59. The molecule has 1 aromatic carbocycles. The first kappa shape index (κ1) is 16.5. The van der Waals surface area contributed by atoms with Crippen LogP contribution in [0.2, 0.25) is 0 Å². The number of ether oxygens (including phenoxy) is 1. The Labute approximate surface area is 142 Å². The molecule has 4 heteroatoms. The van der Waals surface area contributed by atoms with Gasteiger partial charge >= 0.3 is 5.97 Å². The molecule has 0 saturated carbocycles. The van der Waals surface area contributed by atoms with Crippen molar-refractivity contribution in [3.8, 4) is 0 Å². The fraction of sp³-hybridized carbons (Fsp3) is 0.400. The predicted molar refractivity (Wildman–Crippen MR) is 92.6 cm³/mol. The molecule has 126 valence electrons. The fourth-order valence-electron chi connectivity index (χ4n) is 3.57. The van der Waals surface area contributed by atoms with Crippen molar-refractivity contribution in [2.45, 2.75) is 45.4 Å². The maximum atomic E-state index is 12.8. The molecule has 24 heavy (non-hydrogen) atoms. The van der Waals surface area contributed by atoms with Crippen LogP contribution >= 0.6 is 0 Å². The Bertz CT molecular complexity index is 746. The zero-order chi connectivity index (χ0) is 17.1. The molecule has 4 nitrogen and oxygen atoms in total. The summed E-state index contributed by atoms with van der Waals surface area (Å²) in [6.45, 7) is 4.17. The first-order valence-corrected chi connectivity index (χ1v) is 8.64. The van der Waals surface area contributed by atoms with Gasteiger partial charge in [0.05, 0.1) is 6.61 Å². The molecule has 0 radical (unpaired) electrons. The molecule has 1 heterocycles. The summed E-state index contributed by atoms with van der Waals surface area (Å²) in [5, 5.41) is 0. The van der Waals surface area contributed by atoms with Crippen LogP contribution in [0.5, 0.6) is 0 Å². The molecule has 1 atom stereocenters. The minimum atomic E-state index is -0.362. The van der Waals surface area contributed by atoms with E-state index < -0.39 is 0 Å². The van der Waals surface area contributed by atoms with Crippen LogP contribution in [-0.2, 0) is 17.6 Å². The number of aromatic nitrogens is 1. The van der Waals surface area contributed by atoms with E-state index in [2.05, 4.69) is 24.0 Å². The number of H-pyrrole nitrogens is 1. The summed E-state index contributed by atoms with van der Waals surface area (Å²) < 4.78 is 5.16. The van der Waals surface area contributed by atoms with Crippen LogP contribution in [0.1, 0.15) is 70.3 Å². The van der Waals surface area contributed by atoms with E-state index in [9.17, 15) is 9.59 Å². The van der Waals surface area contributed by atoms with Crippen LogP contribution in [0.15, 0.2) is 30.3 Å². The van der Waals surface area contributed by atoms with Gasteiger partial charge in [0.1, 0.15) is 5.69 Å². The van der Waals surface area contributed by atoms with Gasteiger partial charge in [-0.1, -0.05) is 43.7 Å². The second kappa shape index (κ2) is 7.04. The lowest BCUT2D eigenvalue weighted by molar-refractivity contribution is 0.0518. The summed E-state index contributed by atoms with van der Waals surface area (Å²) in [6.07, 6.45) is 2.84. The maximum Gasteiger partial charge on any atom is 0.355 e. The second-order valence-electron chi connectivity index (χ2n) is 6.24. The zero-order valence-corrected chi connectivity index (χ0v) is 14.2. The standard InChI is InChI=1S/C20H23NO3/c1-3-8-15-18-16(21-19(15)20(23)24-4-2)11-14(12-17(18)22)13-9-6-5-7-10-13/h5-7,9-10,14,21H,3-4,8,11-12H2,1-2H3/t14-/m0/s1. The summed E-state index contributed by atoms with van der Waals surface area (Å²) >= 11 is 0. The van der Waals surface area contributed by atoms with Crippen LogP contribution in [-0.4, -0.2) is 23.3 Å². The number of hydrogen-bond acceptors (Lipinski definition) is 3. The summed E-state index contributed by atoms with van der Waals surface area (Å²) in [4.78, 5) is 28.2. The largest absolute Gasteiger partial charge is 0.461 e. The molecule has 0 saturated heterocycles. The number of esters is 1. The highest BCUT2D eigenvalue weighted by molar-refractivity contribution is 6.03. The molecule has 1 aromatic heterocycles. The van der Waals surface area contributed by atoms with Crippen molar-refractivity contribution in [1.82, 2.24) is 4.98 Å². The molecular formula is C20H23NO3. The van der Waals surface area contributed by atoms with Gasteiger partial charge in [0, 0.05) is 17.7 Å². The maximum absolute atomic E-state index is 12.8. The Morgan fingerprint density at radius 2 is 1.96 bits per heavy atom. The van der Waals surface area contributed by atoms with Gasteiger partial charge in [-0.15, -0.1) is 0 Å². The Kier molecular flexibility index (Phi) is 4.84. The molecule has 0 bridgehead atoms. The number of carbonyl (C=O) groups excluding carboxylic acids is 2. The highest BCUT2D eigenvalue weighted by Gasteiger charge is 2.33. The monoisotopic (exact) mass is 325 g/mol. The third kappa shape index (κ3) is 3.01. The normalized spacial score (nSPS) is 16.8. The molecule has 2 aromatic rings. The smallest absolute Gasteiger partial charge is 0.355 e. The number of Topliss-reactive ketones (excluding diaryl/α,β-unsaturated/α-hetero) is 1. The van der Waals surface area contributed by atoms with Gasteiger partial charge in [0.15, 0.2) is 5.78 Å². The lowest BCUT2D eigenvalue weighted by atomic mass is 9.81. The van der Waals surface area contributed by atoms with E-state index >= 15 is 0 Å². The van der Waals surface area contributed by atoms with Crippen molar-refractivity contribution >= 4 is 11.8 Å². The highest BCUT2D eigenvalue weighted by Crippen LogP contribution is 2.35. The Morgan fingerprint density at radius 1 is 1.21 bits per heavy atom. The van der Waals surface area contributed by atoms with Gasteiger partial charge in [-0.25, -0.2) is 4.79 Å². The molecule has 1 aliphatic rings. The second-order valence-corrected chi connectivity index (χ2v) is 6.24. The summed E-state index contributed by atoms with van der Waals surface area (Å²) in [5.74, 6) is -0.0749. The van der Waals surface area contributed by atoms with Crippen molar-refractivity contribution in [1.29, 1.82) is 0 Å². The van der Waals surface area contributed by atoms with E-state index in [-0.39, 0.29) is 17.7 Å². The Hall–Kier alpha value is -2.36. The van der Waals surface area contributed by atoms with Crippen LogP contribution in [0, 0.1) is 0 Å². The van der Waals surface area contributed by atoms with E-state index in [0.29, 0.717) is 25.1 Å². The van der Waals surface area contributed by atoms with Crippen molar-refractivity contribution < 1.29 is 14.3 Å². The molecular weight excluding hydrogens is 302 g/mol. The molecule has 0 spiro atoms. The zero-order valence-electron chi connectivity index (χ0n) is 14.2. The van der Waals surface area contributed by atoms with Gasteiger partial charge in [-0.05, 0) is 36.8 Å². The number of benzene rings is 1. The van der Waals surface area contributed by atoms with E-state index in [0.717, 1.165) is 29.7 Å². The lowest BCUT2D eigenvalue weighted by Gasteiger charge is -2.22. The van der Waals surface area contributed by atoms with Crippen molar-refractivity contribution in [3.63, 3.8) is 0 Å². The fourth-order valence-corrected chi connectivity index (χ4v) is 3.57. The van der Waals surface area contributed by atoms with Crippen LogP contribution in [0.4, 0.5) is 0 Å². The minimum Gasteiger partial charge on any atom is -0.461 e. The first-order valence-electron chi connectivity index (χ1n) is 8.64. The molecule has 0 fully saturated rings. The topological polar surface area (TPSA) is 59.2 Å². The van der Waals surface area contributed by atoms with E-state index in [4.69, 9.17) is 4.74 Å². The number of hydrogen-bond donors (Lipinski definition) is 1. The van der Waals surface area contributed by atoms with Crippen molar-refractivity contribution in [3.05, 3.63) is 58.4 Å². The van der Waals surface area contributed by atoms with Gasteiger partial charge in [-0.3, -0.25) is 4.79 Å². The van der Waals surface area contributed by atoms with Gasteiger partial charge in [-0.2, -0.15) is 0 Å². The summed E-state index contributed by atoms with van der Waals surface area (Å²) in [6, 6.07) is 10.1. The van der Waals surface area contributed by atoms with Crippen LogP contribution in [0.3, 0.4) is 0 Å². The molecule has 1 N–H and O–H groups in total. The molecule has 0 aliphatic heterocycles. The third-order valence-electron chi connectivity index (χ3n) is 4.59. The van der Waals surface area contributed by atoms with Gasteiger partial charge in [0.25, 0.3) is 0 Å². The van der Waals surface area contributed by atoms with E-state index in [1.54, 1.807) is 6.92 Å². The van der Waals surface area contributed by atoms with E-state index in [1.807, 2.05) is 18.2 Å². The average molecular weight is 325 g/mol. The number of fused-ring (bicyclic) bond motifs is 1. The lowest BCUT2D eigenvalue weighted by Crippen LogP contribution is -2.19. The highest BCUT2D eigenvalue weighted by atomic mass is 16.5. The number of aromatic amines is 1.